The van der Waals surface area contributed by atoms with Gasteiger partial charge in [-0.05, 0) is 43.4 Å². The number of para-hydroxylation sites is 1. The first-order valence-corrected chi connectivity index (χ1v) is 7.88. The molecule has 0 aliphatic carbocycles. The van der Waals surface area contributed by atoms with Crippen molar-refractivity contribution >= 4 is 5.97 Å². The van der Waals surface area contributed by atoms with Crippen LogP contribution in [0.3, 0.4) is 0 Å². The molecule has 4 heteroatoms. The van der Waals surface area contributed by atoms with Crippen molar-refractivity contribution in [1.29, 1.82) is 0 Å². The summed E-state index contributed by atoms with van der Waals surface area (Å²) in [6, 6.07) is 8.30. The third kappa shape index (κ3) is 3.56. The molecule has 114 valence electrons. The number of rotatable bonds is 4. The number of ether oxygens (including phenoxy) is 1. The molecule has 0 spiro atoms. The van der Waals surface area contributed by atoms with Gasteiger partial charge >= 0.3 is 5.97 Å². The van der Waals surface area contributed by atoms with Gasteiger partial charge in [0.25, 0.3) is 0 Å². The van der Waals surface area contributed by atoms with Crippen molar-refractivity contribution in [2.75, 3.05) is 26.2 Å². The van der Waals surface area contributed by atoms with E-state index in [9.17, 15) is 4.79 Å². The van der Waals surface area contributed by atoms with Gasteiger partial charge in [0.05, 0.1) is 6.61 Å². The lowest BCUT2D eigenvalue weighted by molar-refractivity contribution is -0.138. The molecule has 0 radical (unpaired) electrons. The molecule has 0 saturated carbocycles. The van der Waals surface area contributed by atoms with Crippen LogP contribution >= 0.6 is 0 Å². The number of hydrogen-bond acceptors (Lipinski definition) is 3. The predicted octanol–water partition coefficient (Wildman–Crippen LogP) is 2.74. The molecule has 1 saturated heterocycles. The molecule has 2 aliphatic rings. The van der Waals surface area contributed by atoms with Crippen molar-refractivity contribution in [1.82, 2.24) is 4.90 Å². The maximum atomic E-state index is 10.9. The zero-order chi connectivity index (χ0) is 14.7. The highest BCUT2D eigenvalue weighted by molar-refractivity contribution is 5.67. The number of nitrogens with zero attached hydrogens (tertiary/aromatic N) is 1. The van der Waals surface area contributed by atoms with Crippen LogP contribution in [0.2, 0.25) is 0 Å². The van der Waals surface area contributed by atoms with Crippen LogP contribution in [0.15, 0.2) is 24.3 Å². The molecular weight excluding hydrogens is 266 g/mol. The summed E-state index contributed by atoms with van der Waals surface area (Å²) in [5, 5.41) is 8.97. The quantitative estimate of drug-likeness (QED) is 0.926. The highest BCUT2D eigenvalue weighted by atomic mass is 16.5. The van der Waals surface area contributed by atoms with Crippen molar-refractivity contribution in [3.8, 4) is 5.75 Å². The summed E-state index contributed by atoms with van der Waals surface area (Å²) in [6.45, 7) is 3.83. The lowest BCUT2D eigenvalue weighted by atomic mass is 9.90. The fourth-order valence-corrected chi connectivity index (χ4v) is 3.65. The molecule has 2 unspecified atom stereocenters. The minimum atomic E-state index is -0.668. The van der Waals surface area contributed by atoms with E-state index in [-0.39, 0.29) is 0 Å². The Labute approximate surface area is 125 Å². The Hall–Kier alpha value is -1.55. The minimum Gasteiger partial charge on any atom is -0.493 e. The number of carbonyl (C=O) groups is 1. The topological polar surface area (TPSA) is 49.8 Å². The van der Waals surface area contributed by atoms with Gasteiger partial charge in [-0.3, -0.25) is 4.79 Å². The van der Waals surface area contributed by atoms with Crippen LogP contribution in [0.1, 0.15) is 37.2 Å². The van der Waals surface area contributed by atoms with Crippen molar-refractivity contribution in [3.63, 3.8) is 0 Å². The number of likely N-dealkylation sites (tertiary alicyclic amines) is 1. The first-order valence-electron chi connectivity index (χ1n) is 7.88. The van der Waals surface area contributed by atoms with Gasteiger partial charge in [-0.1, -0.05) is 18.2 Å². The van der Waals surface area contributed by atoms with Crippen LogP contribution in [0.5, 0.6) is 5.75 Å². The third-order valence-electron chi connectivity index (χ3n) is 4.63. The van der Waals surface area contributed by atoms with E-state index >= 15 is 0 Å². The Balaban J connectivity index is 1.63. The van der Waals surface area contributed by atoms with Gasteiger partial charge in [0, 0.05) is 25.4 Å². The van der Waals surface area contributed by atoms with Crippen LogP contribution in [0.25, 0.3) is 0 Å². The molecule has 1 aromatic rings. The average molecular weight is 289 g/mol. The van der Waals surface area contributed by atoms with Crippen LogP contribution in [-0.4, -0.2) is 42.2 Å². The monoisotopic (exact) mass is 289 g/mol. The van der Waals surface area contributed by atoms with Gasteiger partial charge in [0.2, 0.25) is 0 Å². The molecule has 0 amide bonds. The molecule has 3 rings (SSSR count). The highest BCUT2D eigenvalue weighted by Gasteiger charge is 2.27. The Morgan fingerprint density at radius 3 is 3.05 bits per heavy atom. The van der Waals surface area contributed by atoms with Gasteiger partial charge < -0.3 is 14.7 Å². The van der Waals surface area contributed by atoms with E-state index in [2.05, 4.69) is 17.0 Å². The van der Waals surface area contributed by atoms with Gasteiger partial charge in [-0.25, -0.2) is 0 Å². The fraction of sp³-hybridized carbons (Fsp3) is 0.588. The van der Waals surface area contributed by atoms with E-state index in [4.69, 9.17) is 9.84 Å². The number of benzene rings is 1. The first-order chi connectivity index (χ1) is 10.2. The second kappa shape index (κ2) is 6.48. The zero-order valence-corrected chi connectivity index (χ0v) is 12.3. The molecule has 0 aromatic heterocycles. The normalized spacial score (nSPS) is 25.9. The first kappa shape index (κ1) is 14.4. The highest BCUT2D eigenvalue weighted by Crippen LogP contribution is 2.34. The molecule has 0 bridgehead atoms. The van der Waals surface area contributed by atoms with Crippen LogP contribution < -0.4 is 4.74 Å². The second-order valence-electron chi connectivity index (χ2n) is 6.24. The molecule has 4 nitrogen and oxygen atoms in total. The number of carboxylic acid groups (broad SMARTS) is 1. The van der Waals surface area contributed by atoms with E-state index < -0.39 is 5.97 Å². The molecule has 2 heterocycles. The summed E-state index contributed by atoms with van der Waals surface area (Å²) >= 11 is 0. The molecule has 2 aliphatic heterocycles. The molecule has 21 heavy (non-hydrogen) atoms. The van der Waals surface area contributed by atoms with Crippen LogP contribution in [0.4, 0.5) is 0 Å². The summed E-state index contributed by atoms with van der Waals surface area (Å²) in [4.78, 5) is 13.3. The van der Waals surface area contributed by atoms with Crippen LogP contribution in [0, 0.1) is 5.92 Å². The number of piperidine rings is 1. The Morgan fingerprint density at radius 1 is 1.33 bits per heavy atom. The average Bonchev–Trinajstić information content (AvgIpc) is 2.47. The second-order valence-corrected chi connectivity index (χ2v) is 6.24. The number of aliphatic carboxylic acids is 1. The standard InChI is InChI=1S/C17H23NO3/c19-17(20)10-13-4-3-8-18(11-13)12-14-7-9-21-16-6-2-1-5-15(14)16/h1-2,5-6,13-14H,3-4,7-12H2,(H,19,20). The summed E-state index contributed by atoms with van der Waals surface area (Å²) < 4.78 is 5.72. The van der Waals surface area contributed by atoms with E-state index in [0.29, 0.717) is 18.3 Å². The van der Waals surface area contributed by atoms with Gasteiger partial charge in [-0.2, -0.15) is 0 Å². The molecular formula is C17H23NO3. The fourth-order valence-electron chi connectivity index (χ4n) is 3.65. The summed E-state index contributed by atoms with van der Waals surface area (Å²) in [5.41, 5.74) is 1.31. The Kier molecular flexibility index (Phi) is 4.44. The van der Waals surface area contributed by atoms with Crippen LogP contribution in [-0.2, 0) is 4.79 Å². The van der Waals surface area contributed by atoms with Crippen molar-refractivity contribution < 1.29 is 14.6 Å². The van der Waals surface area contributed by atoms with E-state index in [0.717, 1.165) is 51.3 Å². The van der Waals surface area contributed by atoms with Crippen molar-refractivity contribution in [2.45, 2.75) is 31.6 Å². The third-order valence-corrected chi connectivity index (χ3v) is 4.63. The smallest absolute Gasteiger partial charge is 0.303 e. The summed E-state index contributed by atoms with van der Waals surface area (Å²) in [5.74, 6) is 1.18. The number of hydrogen-bond donors (Lipinski definition) is 1. The van der Waals surface area contributed by atoms with Gasteiger partial charge in [0.1, 0.15) is 5.75 Å². The lowest BCUT2D eigenvalue weighted by Gasteiger charge is -2.36. The van der Waals surface area contributed by atoms with Gasteiger partial charge in [0.15, 0.2) is 0 Å². The molecule has 1 fully saturated rings. The predicted molar refractivity (Wildman–Crippen MR) is 80.7 cm³/mol. The Morgan fingerprint density at radius 2 is 2.19 bits per heavy atom. The maximum Gasteiger partial charge on any atom is 0.303 e. The van der Waals surface area contributed by atoms with Gasteiger partial charge in [-0.15, -0.1) is 0 Å². The van der Waals surface area contributed by atoms with Crippen molar-refractivity contribution in [3.05, 3.63) is 29.8 Å². The van der Waals surface area contributed by atoms with E-state index in [1.165, 1.54) is 5.56 Å². The SMILES string of the molecule is O=C(O)CC1CCCN(CC2CCOc3ccccc32)C1. The van der Waals surface area contributed by atoms with E-state index in [1.54, 1.807) is 0 Å². The lowest BCUT2D eigenvalue weighted by Crippen LogP contribution is -2.39. The molecule has 1 aromatic carbocycles. The summed E-state index contributed by atoms with van der Waals surface area (Å²) in [7, 11) is 0. The number of fused-ring (bicyclic) bond motifs is 1. The number of carboxylic acids is 1. The molecule has 1 N–H and O–H groups in total. The van der Waals surface area contributed by atoms with E-state index in [1.807, 2.05) is 12.1 Å². The zero-order valence-electron chi connectivity index (χ0n) is 12.3. The Bertz CT molecular complexity index is 503. The minimum absolute atomic E-state index is 0.306. The maximum absolute atomic E-state index is 10.9. The largest absolute Gasteiger partial charge is 0.493 e. The molecule has 2 atom stereocenters. The van der Waals surface area contributed by atoms with Crippen molar-refractivity contribution in [2.24, 2.45) is 5.92 Å². The summed E-state index contributed by atoms with van der Waals surface area (Å²) in [6.07, 6.45) is 3.52.